The Balaban J connectivity index is 1.71. The van der Waals surface area contributed by atoms with E-state index in [0.717, 1.165) is 53.5 Å². The molecule has 0 radical (unpaired) electrons. The van der Waals surface area contributed by atoms with Gasteiger partial charge in [-0.1, -0.05) is 0 Å². The first-order chi connectivity index (χ1) is 15.5. The van der Waals surface area contributed by atoms with Gasteiger partial charge in [-0.05, 0) is 92.5 Å². The molecule has 1 N–H and O–H groups in total. The van der Waals surface area contributed by atoms with Crippen molar-refractivity contribution < 1.29 is 23.4 Å². The number of halogens is 2. The van der Waals surface area contributed by atoms with Gasteiger partial charge in [0.2, 0.25) is 0 Å². The number of nitrogens with zero attached hydrogens (tertiary/aromatic N) is 1. The second kappa shape index (κ2) is 8.66. The number of carbonyl (C=O) groups is 1. The number of aliphatic carboxylic acids is 1. The SMILES string of the molecule is O=C(O)C1CCC(c2c(C3CCOCC3)n(-c3ccc(F)cc3)c3ccc(F)cc23)CC1. The molecule has 0 unspecified atom stereocenters. The predicted molar refractivity (Wildman–Crippen MR) is 118 cm³/mol. The molecule has 4 nitrogen and oxygen atoms in total. The van der Waals surface area contributed by atoms with Crippen LogP contribution in [0.2, 0.25) is 0 Å². The summed E-state index contributed by atoms with van der Waals surface area (Å²) in [4.78, 5) is 11.5. The third-order valence-corrected chi connectivity index (χ3v) is 7.18. The van der Waals surface area contributed by atoms with Gasteiger partial charge in [0.25, 0.3) is 0 Å². The Morgan fingerprint density at radius 2 is 1.53 bits per heavy atom. The van der Waals surface area contributed by atoms with Crippen LogP contribution in [-0.2, 0) is 9.53 Å². The van der Waals surface area contributed by atoms with Gasteiger partial charge in [0.1, 0.15) is 11.6 Å². The van der Waals surface area contributed by atoms with Crippen LogP contribution in [-0.4, -0.2) is 28.9 Å². The monoisotopic (exact) mass is 439 g/mol. The molecular weight excluding hydrogens is 412 g/mol. The highest BCUT2D eigenvalue weighted by atomic mass is 19.1. The van der Waals surface area contributed by atoms with Crippen molar-refractivity contribution >= 4 is 16.9 Å². The third-order valence-electron chi connectivity index (χ3n) is 7.18. The second-order valence-corrected chi connectivity index (χ2v) is 9.05. The zero-order chi connectivity index (χ0) is 22.2. The fourth-order valence-electron chi connectivity index (χ4n) is 5.61. The molecule has 2 fully saturated rings. The molecule has 6 heteroatoms. The fourth-order valence-corrected chi connectivity index (χ4v) is 5.61. The lowest BCUT2D eigenvalue weighted by atomic mass is 9.76. The van der Waals surface area contributed by atoms with E-state index >= 15 is 0 Å². The van der Waals surface area contributed by atoms with Crippen molar-refractivity contribution in [1.29, 1.82) is 0 Å². The van der Waals surface area contributed by atoms with Crippen molar-refractivity contribution in [2.45, 2.75) is 50.4 Å². The number of aromatic nitrogens is 1. The summed E-state index contributed by atoms with van der Waals surface area (Å²) in [5.74, 6) is -1.19. The lowest BCUT2D eigenvalue weighted by molar-refractivity contribution is -0.142. The van der Waals surface area contributed by atoms with Gasteiger partial charge in [0, 0.05) is 35.9 Å². The zero-order valence-corrected chi connectivity index (χ0v) is 17.9. The van der Waals surface area contributed by atoms with Crippen LogP contribution in [0, 0.1) is 17.6 Å². The van der Waals surface area contributed by atoms with Crippen molar-refractivity contribution in [2.75, 3.05) is 13.2 Å². The number of ether oxygens (including phenoxy) is 1. The van der Waals surface area contributed by atoms with Crippen LogP contribution in [0.25, 0.3) is 16.6 Å². The summed E-state index contributed by atoms with van der Waals surface area (Å²) in [7, 11) is 0. The first-order valence-corrected chi connectivity index (χ1v) is 11.4. The first-order valence-electron chi connectivity index (χ1n) is 11.4. The Morgan fingerprint density at radius 1 is 0.875 bits per heavy atom. The smallest absolute Gasteiger partial charge is 0.306 e. The molecule has 0 amide bonds. The maximum Gasteiger partial charge on any atom is 0.306 e. The average Bonchev–Trinajstić information content (AvgIpc) is 3.14. The molecule has 2 aromatic carbocycles. The molecule has 0 spiro atoms. The van der Waals surface area contributed by atoms with Crippen molar-refractivity contribution in [3.8, 4) is 5.69 Å². The van der Waals surface area contributed by atoms with E-state index in [1.54, 1.807) is 18.2 Å². The molecule has 2 heterocycles. The molecule has 2 aliphatic rings. The number of hydrogen-bond donors (Lipinski definition) is 1. The van der Waals surface area contributed by atoms with Gasteiger partial charge in [-0.25, -0.2) is 8.78 Å². The summed E-state index contributed by atoms with van der Waals surface area (Å²) >= 11 is 0. The molecule has 1 aliphatic carbocycles. The Hall–Kier alpha value is -2.73. The lowest BCUT2D eigenvalue weighted by Crippen LogP contribution is -2.23. The zero-order valence-electron chi connectivity index (χ0n) is 17.9. The summed E-state index contributed by atoms with van der Waals surface area (Å²) in [6.07, 6.45) is 4.55. The van der Waals surface area contributed by atoms with Crippen molar-refractivity contribution in [3.63, 3.8) is 0 Å². The van der Waals surface area contributed by atoms with E-state index in [9.17, 15) is 18.7 Å². The standard InChI is InChI=1S/C26H27F2NO3/c27-19-5-8-21(9-6-19)29-23-10-7-20(28)15-22(23)24(25(29)17-11-13-32-14-12-17)16-1-3-18(4-2-16)26(30)31/h5-10,15-18H,1-4,11-14H2,(H,30,31). The number of hydrogen-bond acceptors (Lipinski definition) is 2. The number of rotatable bonds is 4. The van der Waals surface area contributed by atoms with E-state index in [0.29, 0.717) is 26.1 Å². The Labute approximate surface area is 185 Å². The molecule has 3 aromatic rings. The van der Waals surface area contributed by atoms with E-state index in [4.69, 9.17) is 4.74 Å². The quantitative estimate of drug-likeness (QED) is 0.530. The summed E-state index contributed by atoms with van der Waals surface area (Å²) in [5, 5.41) is 10.3. The minimum atomic E-state index is -0.729. The summed E-state index contributed by atoms with van der Waals surface area (Å²) in [5.41, 5.74) is 4.06. The number of carboxylic acid groups (broad SMARTS) is 1. The van der Waals surface area contributed by atoms with Crippen molar-refractivity contribution in [3.05, 3.63) is 65.4 Å². The highest BCUT2D eigenvalue weighted by Crippen LogP contribution is 2.46. The molecule has 5 rings (SSSR count). The maximum atomic E-state index is 14.4. The van der Waals surface area contributed by atoms with Gasteiger partial charge < -0.3 is 14.4 Å². The van der Waals surface area contributed by atoms with Crippen LogP contribution < -0.4 is 0 Å². The molecule has 32 heavy (non-hydrogen) atoms. The highest BCUT2D eigenvalue weighted by Gasteiger charge is 2.34. The maximum absolute atomic E-state index is 14.4. The third kappa shape index (κ3) is 3.81. The minimum Gasteiger partial charge on any atom is -0.481 e. The van der Waals surface area contributed by atoms with E-state index < -0.39 is 5.97 Å². The number of benzene rings is 2. The van der Waals surface area contributed by atoms with Crippen molar-refractivity contribution in [2.24, 2.45) is 5.92 Å². The van der Waals surface area contributed by atoms with E-state index in [-0.39, 0.29) is 29.4 Å². The normalized spacial score (nSPS) is 22.3. The van der Waals surface area contributed by atoms with Crippen LogP contribution in [0.1, 0.15) is 61.6 Å². The Kier molecular flexibility index (Phi) is 5.72. The van der Waals surface area contributed by atoms with Gasteiger partial charge in [0.15, 0.2) is 0 Å². The molecule has 1 aliphatic heterocycles. The van der Waals surface area contributed by atoms with Gasteiger partial charge in [0.05, 0.1) is 11.4 Å². The second-order valence-electron chi connectivity index (χ2n) is 9.05. The molecule has 0 atom stereocenters. The summed E-state index contributed by atoms with van der Waals surface area (Å²) < 4.78 is 35.9. The van der Waals surface area contributed by atoms with E-state index in [1.807, 2.05) is 6.07 Å². The first kappa shape index (κ1) is 21.1. The van der Waals surface area contributed by atoms with Gasteiger partial charge >= 0.3 is 5.97 Å². The molecule has 0 bridgehead atoms. The Morgan fingerprint density at radius 3 is 2.19 bits per heavy atom. The molecular formula is C26H27F2NO3. The summed E-state index contributed by atoms with van der Waals surface area (Å²) in [6, 6.07) is 11.3. The largest absolute Gasteiger partial charge is 0.481 e. The van der Waals surface area contributed by atoms with Gasteiger partial charge in [-0.15, -0.1) is 0 Å². The highest BCUT2D eigenvalue weighted by molar-refractivity contribution is 5.88. The number of fused-ring (bicyclic) bond motifs is 1. The predicted octanol–water partition coefficient (Wildman–Crippen LogP) is 6.16. The van der Waals surface area contributed by atoms with Crippen molar-refractivity contribution in [1.82, 2.24) is 4.57 Å². The fraction of sp³-hybridized carbons (Fsp3) is 0.423. The topological polar surface area (TPSA) is 51.5 Å². The van der Waals surface area contributed by atoms with E-state index in [1.165, 1.54) is 18.2 Å². The van der Waals surface area contributed by atoms with Gasteiger partial charge in [-0.3, -0.25) is 4.79 Å². The van der Waals surface area contributed by atoms with Gasteiger partial charge in [-0.2, -0.15) is 0 Å². The minimum absolute atomic E-state index is 0.175. The Bertz CT molecular complexity index is 1120. The van der Waals surface area contributed by atoms with Crippen LogP contribution in [0.5, 0.6) is 0 Å². The average molecular weight is 440 g/mol. The van der Waals surface area contributed by atoms with Crippen LogP contribution in [0.4, 0.5) is 8.78 Å². The van der Waals surface area contributed by atoms with Crippen LogP contribution >= 0.6 is 0 Å². The summed E-state index contributed by atoms with van der Waals surface area (Å²) in [6.45, 7) is 1.35. The molecule has 1 saturated carbocycles. The van der Waals surface area contributed by atoms with Crippen LogP contribution in [0.3, 0.4) is 0 Å². The molecule has 1 saturated heterocycles. The molecule has 168 valence electrons. The number of carboxylic acids is 1. The lowest BCUT2D eigenvalue weighted by Gasteiger charge is -2.30. The van der Waals surface area contributed by atoms with E-state index in [2.05, 4.69) is 4.57 Å². The molecule has 1 aromatic heterocycles. The van der Waals surface area contributed by atoms with Crippen LogP contribution in [0.15, 0.2) is 42.5 Å².